The normalized spacial score (nSPS) is 16.1. The van der Waals surface area contributed by atoms with Gasteiger partial charge in [0.1, 0.15) is 0 Å². The zero-order chi connectivity index (χ0) is 13.1. The fraction of sp³-hybridized carbons (Fsp3) is 0.667. The van der Waals surface area contributed by atoms with Gasteiger partial charge in [0, 0.05) is 25.8 Å². The number of anilines is 1. The molecule has 6 nitrogen and oxygen atoms in total. The first-order valence-corrected chi connectivity index (χ1v) is 6.34. The van der Waals surface area contributed by atoms with Gasteiger partial charge in [0.15, 0.2) is 5.69 Å². The molecule has 1 aromatic heterocycles. The minimum absolute atomic E-state index is 0.0328. The molecule has 0 spiro atoms. The number of nitrogens with two attached hydrogens (primary N) is 1. The maximum absolute atomic E-state index is 12.4. The molecule has 100 valence electrons. The van der Waals surface area contributed by atoms with Crippen LogP contribution in [0.3, 0.4) is 0 Å². The molecule has 0 saturated heterocycles. The summed E-state index contributed by atoms with van der Waals surface area (Å²) in [4.78, 5) is 14.1. The summed E-state index contributed by atoms with van der Waals surface area (Å²) >= 11 is 0. The average Bonchev–Trinajstić information content (AvgIpc) is 2.95. The Kier molecular flexibility index (Phi) is 3.86. The van der Waals surface area contributed by atoms with Crippen molar-refractivity contribution in [3.05, 3.63) is 11.9 Å². The Labute approximate surface area is 106 Å². The van der Waals surface area contributed by atoms with Gasteiger partial charge >= 0.3 is 0 Å². The van der Waals surface area contributed by atoms with Crippen LogP contribution in [-0.2, 0) is 7.05 Å². The highest BCUT2D eigenvalue weighted by atomic mass is 16.3. The van der Waals surface area contributed by atoms with Gasteiger partial charge in [-0.05, 0) is 12.8 Å². The number of nitrogen functional groups attached to an aromatic ring is 1. The molecule has 0 radical (unpaired) electrons. The van der Waals surface area contributed by atoms with E-state index in [0.717, 1.165) is 25.7 Å². The van der Waals surface area contributed by atoms with Crippen LogP contribution in [-0.4, -0.2) is 44.9 Å². The highest BCUT2D eigenvalue weighted by Gasteiger charge is 2.29. The van der Waals surface area contributed by atoms with E-state index >= 15 is 0 Å². The first-order chi connectivity index (χ1) is 8.63. The van der Waals surface area contributed by atoms with Crippen molar-refractivity contribution in [3.8, 4) is 0 Å². The van der Waals surface area contributed by atoms with E-state index in [1.54, 1.807) is 18.1 Å². The first-order valence-electron chi connectivity index (χ1n) is 6.34. The molecule has 1 aliphatic carbocycles. The standard InChI is InChI=1S/C12H20N4O2/c1-15-8-10(13)11(14-15)12(18)16(6-7-17)9-4-2-3-5-9/h8-9,17H,2-7,13H2,1H3. The van der Waals surface area contributed by atoms with Gasteiger partial charge in [-0.15, -0.1) is 0 Å². The van der Waals surface area contributed by atoms with Crippen molar-refractivity contribution < 1.29 is 9.90 Å². The summed E-state index contributed by atoms with van der Waals surface area (Å²) in [5.41, 5.74) is 6.46. The van der Waals surface area contributed by atoms with Gasteiger partial charge in [-0.2, -0.15) is 5.10 Å². The molecule has 0 bridgehead atoms. The number of carbonyl (C=O) groups is 1. The topological polar surface area (TPSA) is 84.4 Å². The quantitative estimate of drug-likeness (QED) is 0.811. The molecule has 1 aromatic rings. The molecule has 0 aliphatic heterocycles. The van der Waals surface area contributed by atoms with Crippen LogP contribution in [0, 0.1) is 0 Å². The van der Waals surface area contributed by atoms with E-state index in [1.807, 2.05) is 0 Å². The minimum atomic E-state index is -0.172. The number of aliphatic hydroxyl groups excluding tert-OH is 1. The van der Waals surface area contributed by atoms with Crippen LogP contribution in [0.1, 0.15) is 36.2 Å². The Hall–Kier alpha value is -1.56. The lowest BCUT2D eigenvalue weighted by molar-refractivity contribution is 0.0632. The van der Waals surface area contributed by atoms with Gasteiger partial charge in [0.25, 0.3) is 5.91 Å². The number of aromatic nitrogens is 2. The Balaban J connectivity index is 2.19. The fourth-order valence-electron chi connectivity index (χ4n) is 2.58. The summed E-state index contributed by atoms with van der Waals surface area (Å²) in [5.74, 6) is -0.172. The molecule has 0 atom stereocenters. The number of aryl methyl sites for hydroxylation is 1. The molecular weight excluding hydrogens is 232 g/mol. The zero-order valence-corrected chi connectivity index (χ0v) is 10.7. The van der Waals surface area contributed by atoms with Crippen LogP contribution in [0.5, 0.6) is 0 Å². The van der Waals surface area contributed by atoms with Gasteiger partial charge in [-0.25, -0.2) is 0 Å². The van der Waals surface area contributed by atoms with E-state index in [9.17, 15) is 4.79 Å². The van der Waals surface area contributed by atoms with Crippen molar-refractivity contribution in [2.75, 3.05) is 18.9 Å². The maximum atomic E-state index is 12.4. The fourth-order valence-corrected chi connectivity index (χ4v) is 2.58. The van der Waals surface area contributed by atoms with Gasteiger partial charge < -0.3 is 15.7 Å². The number of carbonyl (C=O) groups excluding carboxylic acids is 1. The lowest BCUT2D eigenvalue weighted by atomic mass is 10.2. The highest BCUT2D eigenvalue weighted by Crippen LogP contribution is 2.25. The van der Waals surface area contributed by atoms with Crippen LogP contribution >= 0.6 is 0 Å². The summed E-state index contributed by atoms with van der Waals surface area (Å²) in [6.07, 6.45) is 5.89. The molecule has 3 N–H and O–H groups in total. The van der Waals surface area contributed by atoms with Crippen LogP contribution in [0.15, 0.2) is 6.20 Å². The van der Waals surface area contributed by atoms with E-state index in [2.05, 4.69) is 5.10 Å². The summed E-state index contributed by atoms with van der Waals surface area (Å²) in [6.45, 7) is 0.314. The van der Waals surface area contributed by atoms with Gasteiger partial charge in [0.2, 0.25) is 0 Å². The van der Waals surface area contributed by atoms with Crippen molar-refractivity contribution in [2.24, 2.45) is 7.05 Å². The van der Waals surface area contributed by atoms with E-state index in [-0.39, 0.29) is 24.2 Å². The summed E-state index contributed by atoms with van der Waals surface area (Å²) < 4.78 is 1.54. The van der Waals surface area contributed by atoms with Gasteiger partial charge in [-0.3, -0.25) is 9.48 Å². The van der Waals surface area contributed by atoms with E-state index in [0.29, 0.717) is 12.2 Å². The van der Waals surface area contributed by atoms with Crippen molar-refractivity contribution in [2.45, 2.75) is 31.7 Å². The first kappa shape index (κ1) is 12.9. The Morgan fingerprint density at radius 3 is 2.78 bits per heavy atom. The SMILES string of the molecule is Cn1cc(N)c(C(=O)N(CCO)C2CCCC2)n1. The Morgan fingerprint density at radius 1 is 1.61 bits per heavy atom. The second-order valence-electron chi connectivity index (χ2n) is 4.77. The number of rotatable bonds is 4. The molecule has 1 aliphatic rings. The molecule has 2 rings (SSSR count). The van der Waals surface area contributed by atoms with Gasteiger partial charge in [-0.1, -0.05) is 12.8 Å². The number of aliphatic hydroxyl groups is 1. The maximum Gasteiger partial charge on any atom is 0.276 e. The zero-order valence-electron chi connectivity index (χ0n) is 10.7. The Morgan fingerprint density at radius 2 is 2.28 bits per heavy atom. The monoisotopic (exact) mass is 252 g/mol. The molecule has 6 heteroatoms. The molecule has 1 fully saturated rings. The van der Waals surface area contributed by atoms with Crippen LogP contribution in [0.2, 0.25) is 0 Å². The third kappa shape index (κ3) is 2.48. The number of hydrogen-bond donors (Lipinski definition) is 2. The number of hydrogen-bond acceptors (Lipinski definition) is 4. The average molecular weight is 252 g/mol. The molecule has 1 amide bonds. The third-order valence-electron chi connectivity index (χ3n) is 3.43. The second kappa shape index (κ2) is 5.39. The van der Waals surface area contributed by atoms with Crippen LogP contribution in [0.4, 0.5) is 5.69 Å². The molecule has 1 saturated carbocycles. The summed E-state index contributed by atoms with van der Waals surface area (Å²) in [5, 5.41) is 13.2. The minimum Gasteiger partial charge on any atom is -0.396 e. The van der Waals surface area contributed by atoms with E-state index < -0.39 is 0 Å². The van der Waals surface area contributed by atoms with Crippen LogP contribution < -0.4 is 5.73 Å². The van der Waals surface area contributed by atoms with Crippen molar-refractivity contribution in [1.29, 1.82) is 0 Å². The number of amides is 1. The highest BCUT2D eigenvalue weighted by molar-refractivity contribution is 5.97. The molecule has 0 unspecified atom stereocenters. The van der Waals surface area contributed by atoms with Crippen LogP contribution in [0.25, 0.3) is 0 Å². The van der Waals surface area contributed by atoms with Crippen molar-refractivity contribution >= 4 is 11.6 Å². The van der Waals surface area contributed by atoms with Gasteiger partial charge in [0.05, 0.1) is 12.3 Å². The smallest absolute Gasteiger partial charge is 0.276 e. The predicted octanol–water partition coefficient (Wildman–Crippen LogP) is 0.379. The lowest BCUT2D eigenvalue weighted by Crippen LogP contribution is -2.41. The molecular formula is C12H20N4O2. The van der Waals surface area contributed by atoms with E-state index in [4.69, 9.17) is 10.8 Å². The molecule has 18 heavy (non-hydrogen) atoms. The largest absolute Gasteiger partial charge is 0.396 e. The predicted molar refractivity (Wildman–Crippen MR) is 68.0 cm³/mol. The summed E-state index contributed by atoms with van der Waals surface area (Å²) in [6, 6.07) is 0.214. The Bertz CT molecular complexity index is 424. The van der Waals surface area contributed by atoms with Crippen molar-refractivity contribution in [3.63, 3.8) is 0 Å². The number of nitrogens with zero attached hydrogens (tertiary/aromatic N) is 3. The lowest BCUT2D eigenvalue weighted by Gasteiger charge is -2.27. The summed E-state index contributed by atoms with van der Waals surface area (Å²) in [7, 11) is 1.74. The second-order valence-corrected chi connectivity index (χ2v) is 4.77. The third-order valence-corrected chi connectivity index (χ3v) is 3.43. The van der Waals surface area contributed by atoms with Crippen molar-refractivity contribution in [1.82, 2.24) is 14.7 Å². The molecule has 1 heterocycles. The molecule has 0 aromatic carbocycles. The van der Waals surface area contributed by atoms with E-state index in [1.165, 1.54) is 4.68 Å².